The Hall–Kier alpha value is -4.45. The molecule has 0 spiro atoms. The molecule has 2 heterocycles. The van der Waals surface area contributed by atoms with E-state index >= 15 is 0 Å². The van der Waals surface area contributed by atoms with Crippen molar-refractivity contribution in [3.63, 3.8) is 0 Å². The molecule has 0 aliphatic carbocycles. The molecule has 174 valence electrons. The van der Waals surface area contributed by atoms with Crippen molar-refractivity contribution in [3.05, 3.63) is 120 Å². The average Bonchev–Trinajstić information content (AvgIpc) is 3.55. The summed E-state index contributed by atoms with van der Waals surface area (Å²) < 4.78 is 7.74. The van der Waals surface area contributed by atoms with Gasteiger partial charge in [-0.25, -0.2) is 4.98 Å². The first kappa shape index (κ1) is 22.3. The van der Waals surface area contributed by atoms with Crippen molar-refractivity contribution in [2.24, 2.45) is 0 Å². The van der Waals surface area contributed by atoms with Crippen LogP contribution < -0.4 is 5.32 Å². The molecule has 0 saturated heterocycles. The molecule has 2 aromatic heterocycles. The molecule has 0 fully saturated rings. The highest BCUT2D eigenvalue weighted by Crippen LogP contribution is 2.23. The Kier molecular flexibility index (Phi) is 6.80. The van der Waals surface area contributed by atoms with Crippen LogP contribution in [-0.4, -0.2) is 20.7 Å². The van der Waals surface area contributed by atoms with Gasteiger partial charge in [-0.05, 0) is 5.56 Å². The zero-order valence-electron chi connectivity index (χ0n) is 19.3. The van der Waals surface area contributed by atoms with Crippen molar-refractivity contribution in [2.75, 3.05) is 0 Å². The van der Waals surface area contributed by atoms with Gasteiger partial charge in [-0.2, -0.15) is 5.10 Å². The van der Waals surface area contributed by atoms with Crippen LogP contribution in [0.3, 0.4) is 0 Å². The fraction of sp³-hybridized carbons (Fsp3) is 0.138. The Balaban J connectivity index is 1.23. The van der Waals surface area contributed by atoms with Crippen molar-refractivity contribution >= 4 is 5.91 Å². The zero-order valence-corrected chi connectivity index (χ0v) is 19.3. The highest BCUT2D eigenvalue weighted by molar-refractivity contribution is 5.76. The van der Waals surface area contributed by atoms with Crippen LogP contribution in [0.1, 0.15) is 23.4 Å². The SMILES string of the molecule is O=C(CCc1ncc(-c2ccccc2)o1)NCc1cn(Cc2ccccc2)nc1-c1ccccc1. The van der Waals surface area contributed by atoms with Gasteiger partial charge in [-0.1, -0.05) is 91.0 Å². The first-order valence-corrected chi connectivity index (χ1v) is 11.7. The Morgan fingerprint density at radius 2 is 1.51 bits per heavy atom. The number of aryl methyl sites for hydroxylation is 1. The molecule has 6 heteroatoms. The van der Waals surface area contributed by atoms with Crippen LogP contribution in [0.5, 0.6) is 0 Å². The molecular weight excluding hydrogens is 436 g/mol. The standard InChI is InChI=1S/C29H26N4O2/c34-27(16-17-28-31-19-26(35-28)23-12-6-2-7-13-23)30-18-25-21-33(20-22-10-4-1-5-11-22)32-29(25)24-14-8-3-9-15-24/h1-15,19,21H,16-18,20H2,(H,30,34). The number of benzene rings is 3. The van der Waals surface area contributed by atoms with Gasteiger partial charge in [0.25, 0.3) is 0 Å². The molecule has 5 rings (SSSR count). The number of carbonyl (C=O) groups excluding carboxylic acids is 1. The highest BCUT2D eigenvalue weighted by atomic mass is 16.4. The lowest BCUT2D eigenvalue weighted by molar-refractivity contribution is -0.121. The molecule has 1 N–H and O–H groups in total. The summed E-state index contributed by atoms with van der Waals surface area (Å²) in [6.07, 6.45) is 4.46. The largest absolute Gasteiger partial charge is 0.441 e. The quantitative estimate of drug-likeness (QED) is 0.314. The van der Waals surface area contributed by atoms with E-state index in [9.17, 15) is 4.79 Å². The number of aromatic nitrogens is 3. The number of oxazole rings is 1. The molecule has 0 unspecified atom stereocenters. The van der Waals surface area contributed by atoms with Crippen molar-refractivity contribution in [3.8, 4) is 22.6 Å². The van der Waals surface area contributed by atoms with Gasteiger partial charge >= 0.3 is 0 Å². The fourth-order valence-electron chi connectivity index (χ4n) is 3.95. The maximum absolute atomic E-state index is 12.6. The van der Waals surface area contributed by atoms with E-state index in [2.05, 4.69) is 22.4 Å². The van der Waals surface area contributed by atoms with Crippen molar-refractivity contribution < 1.29 is 9.21 Å². The predicted octanol–water partition coefficient (Wildman–Crippen LogP) is 5.50. The number of nitrogens with zero attached hydrogens (tertiary/aromatic N) is 3. The molecule has 35 heavy (non-hydrogen) atoms. The van der Waals surface area contributed by atoms with E-state index in [4.69, 9.17) is 9.52 Å². The van der Waals surface area contributed by atoms with Gasteiger partial charge in [-0.3, -0.25) is 9.48 Å². The highest BCUT2D eigenvalue weighted by Gasteiger charge is 2.14. The molecule has 0 saturated carbocycles. The molecule has 0 aliphatic rings. The predicted molar refractivity (Wildman–Crippen MR) is 135 cm³/mol. The number of hydrogen-bond acceptors (Lipinski definition) is 4. The summed E-state index contributed by atoms with van der Waals surface area (Å²) in [6, 6.07) is 30.1. The van der Waals surface area contributed by atoms with Crippen LogP contribution >= 0.6 is 0 Å². The monoisotopic (exact) mass is 462 g/mol. The number of hydrogen-bond donors (Lipinski definition) is 1. The lowest BCUT2D eigenvalue weighted by Crippen LogP contribution is -2.23. The lowest BCUT2D eigenvalue weighted by atomic mass is 10.1. The van der Waals surface area contributed by atoms with Gasteiger partial charge in [0.1, 0.15) is 0 Å². The summed E-state index contributed by atoms with van der Waals surface area (Å²) in [5.41, 5.74) is 5.02. The fourth-order valence-corrected chi connectivity index (χ4v) is 3.95. The van der Waals surface area contributed by atoms with Gasteiger partial charge < -0.3 is 9.73 Å². The smallest absolute Gasteiger partial charge is 0.220 e. The maximum Gasteiger partial charge on any atom is 0.220 e. The molecule has 1 amide bonds. The van der Waals surface area contributed by atoms with E-state index in [1.807, 2.05) is 89.7 Å². The molecule has 0 bridgehead atoms. The molecule has 3 aromatic carbocycles. The second-order valence-corrected chi connectivity index (χ2v) is 8.31. The van der Waals surface area contributed by atoms with Gasteiger partial charge in [0.15, 0.2) is 11.7 Å². The first-order valence-electron chi connectivity index (χ1n) is 11.7. The van der Waals surface area contributed by atoms with Crippen molar-refractivity contribution in [2.45, 2.75) is 25.9 Å². The Morgan fingerprint density at radius 3 is 2.23 bits per heavy atom. The van der Waals surface area contributed by atoms with Crippen LogP contribution in [0.4, 0.5) is 0 Å². The molecule has 0 radical (unpaired) electrons. The zero-order chi connectivity index (χ0) is 23.9. The summed E-state index contributed by atoms with van der Waals surface area (Å²) >= 11 is 0. The topological polar surface area (TPSA) is 73.0 Å². The van der Waals surface area contributed by atoms with Gasteiger partial charge in [0, 0.05) is 42.3 Å². The number of nitrogens with one attached hydrogen (secondary N) is 1. The average molecular weight is 463 g/mol. The number of amides is 1. The number of rotatable bonds is 9. The van der Waals surface area contributed by atoms with Gasteiger partial charge in [0.05, 0.1) is 18.4 Å². The van der Waals surface area contributed by atoms with E-state index in [1.165, 1.54) is 5.56 Å². The number of carbonyl (C=O) groups is 1. The Morgan fingerprint density at radius 1 is 0.857 bits per heavy atom. The molecule has 5 aromatic rings. The minimum absolute atomic E-state index is 0.0562. The summed E-state index contributed by atoms with van der Waals surface area (Å²) in [7, 11) is 0. The van der Waals surface area contributed by atoms with Crippen molar-refractivity contribution in [1.29, 1.82) is 0 Å². The second-order valence-electron chi connectivity index (χ2n) is 8.31. The molecule has 6 nitrogen and oxygen atoms in total. The molecule has 0 aliphatic heterocycles. The van der Waals surface area contributed by atoms with E-state index in [1.54, 1.807) is 6.20 Å². The van der Waals surface area contributed by atoms with Crippen LogP contribution in [0.25, 0.3) is 22.6 Å². The summed E-state index contributed by atoms with van der Waals surface area (Å²) in [4.78, 5) is 16.9. The lowest BCUT2D eigenvalue weighted by Gasteiger charge is -2.05. The Bertz CT molecular complexity index is 1380. The third-order valence-electron chi connectivity index (χ3n) is 5.73. The third kappa shape index (κ3) is 5.73. The van der Waals surface area contributed by atoms with E-state index in [0.29, 0.717) is 37.6 Å². The van der Waals surface area contributed by atoms with Crippen LogP contribution in [0, 0.1) is 0 Å². The van der Waals surface area contributed by atoms with E-state index < -0.39 is 0 Å². The summed E-state index contributed by atoms with van der Waals surface area (Å²) in [5.74, 6) is 1.21. The van der Waals surface area contributed by atoms with Crippen LogP contribution in [-0.2, 0) is 24.3 Å². The van der Waals surface area contributed by atoms with E-state index in [0.717, 1.165) is 22.4 Å². The molecular formula is C29H26N4O2. The minimum atomic E-state index is -0.0562. The first-order chi connectivity index (χ1) is 17.2. The molecule has 0 atom stereocenters. The summed E-state index contributed by atoms with van der Waals surface area (Å²) in [6.45, 7) is 1.07. The second kappa shape index (κ2) is 10.7. The summed E-state index contributed by atoms with van der Waals surface area (Å²) in [5, 5.41) is 7.85. The maximum atomic E-state index is 12.6. The minimum Gasteiger partial charge on any atom is -0.441 e. The van der Waals surface area contributed by atoms with Gasteiger partial charge in [-0.15, -0.1) is 0 Å². The van der Waals surface area contributed by atoms with Crippen LogP contribution in [0.2, 0.25) is 0 Å². The normalized spacial score (nSPS) is 10.9. The van der Waals surface area contributed by atoms with Crippen LogP contribution in [0.15, 0.2) is 108 Å². The Labute approximate surface area is 204 Å². The van der Waals surface area contributed by atoms with E-state index in [-0.39, 0.29) is 5.91 Å². The van der Waals surface area contributed by atoms with Gasteiger partial charge in [0.2, 0.25) is 5.91 Å². The third-order valence-corrected chi connectivity index (χ3v) is 5.73. The van der Waals surface area contributed by atoms with Crippen molar-refractivity contribution in [1.82, 2.24) is 20.1 Å².